The van der Waals surface area contributed by atoms with Crippen LogP contribution in [-0.4, -0.2) is 29.3 Å². The molecule has 36 heavy (non-hydrogen) atoms. The molecule has 1 atom stereocenters. The summed E-state index contributed by atoms with van der Waals surface area (Å²) in [7, 11) is 1.80. The summed E-state index contributed by atoms with van der Waals surface area (Å²) in [5.41, 5.74) is 11.7. The van der Waals surface area contributed by atoms with E-state index in [1.807, 2.05) is 59.3 Å². The second-order valence-corrected chi connectivity index (χ2v) is 8.30. The lowest BCUT2D eigenvalue weighted by Gasteiger charge is -2.25. The highest BCUT2D eigenvalue weighted by Crippen LogP contribution is 2.46. The number of rotatable bonds is 4. The monoisotopic (exact) mass is 472 g/mol. The number of ether oxygens (including phenoxy) is 1. The van der Waals surface area contributed by atoms with Crippen LogP contribution in [0.1, 0.15) is 17.0 Å². The zero-order valence-corrected chi connectivity index (χ0v) is 19.3. The summed E-state index contributed by atoms with van der Waals surface area (Å²) >= 11 is 0. The number of pyridine rings is 2. The molecule has 0 amide bonds. The Morgan fingerprint density at radius 2 is 1.58 bits per heavy atom. The summed E-state index contributed by atoms with van der Waals surface area (Å²) in [5, 5.41) is 14.7. The molecule has 5 aromatic rings. The Bertz CT molecular complexity index is 1630. The van der Waals surface area contributed by atoms with E-state index in [2.05, 4.69) is 21.0 Å². The van der Waals surface area contributed by atoms with Crippen LogP contribution in [-0.2, 0) is 7.05 Å². The lowest BCUT2D eigenvalue weighted by Crippen LogP contribution is -2.21. The van der Waals surface area contributed by atoms with Crippen LogP contribution in [0.15, 0.2) is 97.2 Å². The van der Waals surface area contributed by atoms with Gasteiger partial charge in [0.2, 0.25) is 11.8 Å². The maximum atomic E-state index is 10.0. The van der Waals surface area contributed by atoms with E-state index >= 15 is 0 Å². The molecule has 5 heterocycles. The Morgan fingerprint density at radius 3 is 2.25 bits per heavy atom. The van der Waals surface area contributed by atoms with Crippen molar-refractivity contribution in [2.24, 2.45) is 12.8 Å². The molecule has 9 heteroatoms. The number of hydrogen-bond acceptors (Lipinski definition) is 7. The highest BCUT2D eigenvalue weighted by atomic mass is 16.5. The lowest BCUT2D eigenvalue weighted by molar-refractivity contribution is 0.358. The van der Waals surface area contributed by atoms with E-state index < -0.39 is 5.92 Å². The van der Waals surface area contributed by atoms with Crippen molar-refractivity contribution in [3.05, 3.63) is 108 Å². The van der Waals surface area contributed by atoms with Crippen LogP contribution >= 0.6 is 0 Å². The number of nitrogens with zero attached hydrogens (tertiary/aromatic N) is 7. The third-order valence-corrected chi connectivity index (χ3v) is 6.24. The maximum absolute atomic E-state index is 10.0. The Hall–Kier alpha value is -5.23. The number of allylic oxidation sites excluding steroid dienone is 1. The Morgan fingerprint density at radius 1 is 0.917 bits per heavy atom. The molecular formula is C27H20N8O. The summed E-state index contributed by atoms with van der Waals surface area (Å²) in [4.78, 5) is 12.7. The van der Waals surface area contributed by atoms with Crippen LogP contribution in [0.2, 0.25) is 0 Å². The van der Waals surface area contributed by atoms with Crippen molar-refractivity contribution in [1.29, 1.82) is 5.26 Å². The van der Waals surface area contributed by atoms with Gasteiger partial charge in [0.05, 0.1) is 11.5 Å². The van der Waals surface area contributed by atoms with Gasteiger partial charge in [-0.1, -0.05) is 12.1 Å². The number of fused-ring (bicyclic) bond motifs is 1. The normalized spacial score (nSPS) is 14.7. The molecule has 0 spiro atoms. The zero-order valence-electron chi connectivity index (χ0n) is 19.3. The Labute approximate surface area is 206 Å². The second kappa shape index (κ2) is 8.52. The molecule has 0 fully saturated rings. The number of aryl methyl sites for hydroxylation is 1. The van der Waals surface area contributed by atoms with E-state index in [4.69, 9.17) is 15.6 Å². The quantitative estimate of drug-likeness (QED) is 0.420. The summed E-state index contributed by atoms with van der Waals surface area (Å²) < 4.78 is 9.53. The lowest BCUT2D eigenvalue weighted by atomic mass is 9.83. The first-order valence-electron chi connectivity index (χ1n) is 11.2. The van der Waals surface area contributed by atoms with Crippen LogP contribution in [0.4, 0.5) is 0 Å². The molecule has 0 bridgehead atoms. The standard InChI is InChI=1S/C27H20N8O/c1-34-27-23(24(33-34)18-6-10-30-11-7-18)22(21(16-28)25(29)36-27)17-2-4-20(5-3-17)35-15-14-32-26(35)19-8-12-31-13-9-19/h2-15,22H,29H2,1H3. The molecule has 2 N–H and O–H groups in total. The van der Waals surface area contributed by atoms with Crippen LogP contribution < -0.4 is 10.5 Å². The number of imidazole rings is 1. The highest BCUT2D eigenvalue weighted by molar-refractivity contribution is 5.71. The van der Waals surface area contributed by atoms with Gasteiger partial charge in [0, 0.05) is 61.0 Å². The molecule has 1 aliphatic heterocycles. The molecule has 0 saturated heterocycles. The van der Waals surface area contributed by atoms with E-state index in [-0.39, 0.29) is 5.88 Å². The molecule has 1 aromatic carbocycles. The van der Waals surface area contributed by atoms with Crippen molar-refractivity contribution in [3.8, 4) is 40.3 Å². The van der Waals surface area contributed by atoms with E-state index in [0.29, 0.717) is 11.5 Å². The molecule has 0 aliphatic carbocycles. The van der Waals surface area contributed by atoms with Crippen molar-refractivity contribution in [2.75, 3.05) is 0 Å². The molecule has 4 aromatic heterocycles. The minimum Gasteiger partial charge on any atom is -0.422 e. The predicted octanol–water partition coefficient (Wildman–Crippen LogP) is 3.95. The molecule has 0 radical (unpaired) electrons. The number of benzene rings is 1. The number of aromatic nitrogens is 6. The van der Waals surface area contributed by atoms with E-state index in [1.165, 1.54) is 0 Å². The number of hydrogen-bond donors (Lipinski definition) is 1. The van der Waals surface area contributed by atoms with Crippen LogP contribution in [0, 0.1) is 11.3 Å². The number of nitriles is 1. The first-order valence-corrected chi connectivity index (χ1v) is 11.2. The summed E-state index contributed by atoms with van der Waals surface area (Å²) in [6, 6.07) is 17.9. The molecule has 0 saturated carbocycles. The molecule has 1 aliphatic rings. The van der Waals surface area contributed by atoms with Crippen molar-refractivity contribution in [2.45, 2.75) is 5.92 Å². The van der Waals surface area contributed by atoms with Gasteiger partial charge in [0.1, 0.15) is 23.2 Å². The van der Waals surface area contributed by atoms with Crippen molar-refractivity contribution >= 4 is 0 Å². The van der Waals surface area contributed by atoms with Gasteiger partial charge >= 0.3 is 0 Å². The highest BCUT2D eigenvalue weighted by Gasteiger charge is 2.36. The van der Waals surface area contributed by atoms with Gasteiger partial charge < -0.3 is 10.5 Å². The average molecular weight is 473 g/mol. The van der Waals surface area contributed by atoms with Crippen LogP contribution in [0.5, 0.6) is 5.88 Å². The molecule has 174 valence electrons. The largest absolute Gasteiger partial charge is 0.422 e. The molecule has 6 rings (SSSR count). The summed E-state index contributed by atoms with van der Waals surface area (Å²) in [6.07, 6.45) is 10.6. The fourth-order valence-corrected chi connectivity index (χ4v) is 4.58. The van der Waals surface area contributed by atoms with Crippen LogP contribution in [0.25, 0.3) is 28.3 Å². The fraction of sp³-hybridized carbons (Fsp3) is 0.0741. The average Bonchev–Trinajstić information content (AvgIpc) is 3.54. The van der Waals surface area contributed by atoms with Crippen LogP contribution in [0.3, 0.4) is 0 Å². The van der Waals surface area contributed by atoms with E-state index in [0.717, 1.165) is 39.5 Å². The topological polar surface area (TPSA) is 120 Å². The van der Waals surface area contributed by atoms with Gasteiger partial charge in [-0.2, -0.15) is 10.4 Å². The zero-order chi connectivity index (χ0) is 24.6. The fourth-order valence-electron chi connectivity index (χ4n) is 4.58. The van der Waals surface area contributed by atoms with E-state index in [9.17, 15) is 5.26 Å². The van der Waals surface area contributed by atoms with Gasteiger partial charge in [-0.05, 0) is 42.0 Å². The predicted molar refractivity (Wildman–Crippen MR) is 133 cm³/mol. The first kappa shape index (κ1) is 21.3. The minimum absolute atomic E-state index is 0.0814. The van der Waals surface area contributed by atoms with Crippen molar-refractivity contribution in [1.82, 2.24) is 29.3 Å². The van der Waals surface area contributed by atoms with Gasteiger partial charge in [0.25, 0.3) is 0 Å². The minimum atomic E-state index is -0.438. The third-order valence-electron chi connectivity index (χ3n) is 6.24. The molecule has 1 unspecified atom stereocenters. The maximum Gasteiger partial charge on any atom is 0.224 e. The first-order chi connectivity index (χ1) is 17.7. The van der Waals surface area contributed by atoms with Crippen molar-refractivity contribution in [3.63, 3.8) is 0 Å². The van der Waals surface area contributed by atoms with Gasteiger partial charge in [0.15, 0.2) is 0 Å². The SMILES string of the molecule is Cn1nc(-c2ccncc2)c2c1OC(N)=C(C#N)C2c1ccc(-n2ccnc2-c2ccncc2)cc1. The number of nitrogens with two attached hydrogens (primary N) is 1. The summed E-state index contributed by atoms with van der Waals surface area (Å²) in [6.45, 7) is 0. The second-order valence-electron chi connectivity index (χ2n) is 8.30. The Balaban J connectivity index is 1.46. The van der Waals surface area contributed by atoms with Crippen molar-refractivity contribution < 1.29 is 4.74 Å². The van der Waals surface area contributed by atoms with Gasteiger partial charge in [-0.25, -0.2) is 9.67 Å². The Kier molecular flexibility index (Phi) is 5.05. The van der Waals surface area contributed by atoms with Gasteiger partial charge in [-0.15, -0.1) is 0 Å². The molecule has 9 nitrogen and oxygen atoms in total. The van der Waals surface area contributed by atoms with E-state index in [1.54, 1.807) is 42.7 Å². The van der Waals surface area contributed by atoms with Gasteiger partial charge in [-0.3, -0.25) is 14.5 Å². The smallest absolute Gasteiger partial charge is 0.224 e. The summed E-state index contributed by atoms with van der Waals surface area (Å²) in [5.74, 6) is 0.972. The third kappa shape index (κ3) is 3.40. The molecular weight excluding hydrogens is 452 g/mol.